The van der Waals surface area contributed by atoms with Crippen LogP contribution >= 0.6 is 39.7 Å². The van der Waals surface area contributed by atoms with Crippen LogP contribution < -0.4 is 0 Å². The van der Waals surface area contributed by atoms with Crippen LogP contribution in [0, 0.1) is 4.64 Å². The van der Waals surface area contributed by atoms with Crippen LogP contribution in [-0.2, 0) is 17.8 Å². The summed E-state index contributed by atoms with van der Waals surface area (Å²) in [6.07, 6.45) is 0.647. The summed E-state index contributed by atoms with van der Waals surface area (Å²) in [4.78, 5) is 7.58. The average Bonchev–Trinajstić information content (AvgIpc) is 2.35. The van der Waals surface area contributed by atoms with E-state index < -0.39 is 0 Å². The van der Waals surface area contributed by atoms with E-state index in [2.05, 4.69) is 25.9 Å². The third-order valence-corrected chi connectivity index (χ3v) is 4.18. The Morgan fingerprint density at radius 3 is 2.95 bits per heavy atom. The molecule has 1 N–H and O–H groups in total. The number of aromatic amines is 1. The van der Waals surface area contributed by atoms with Crippen LogP contribution in [0.1, 0.15) is 17.1 Å². The summed E-state index contributed by atoms with van der Waals surface area (Å²) in [5, 5.41) is 0.713. The normalized spacial score (nSPS) is 10.7. The zero-order chi connectivity index (χ0) is 13.8. The monoisotopic (exact) mass is 358 g/mol. The van der Waals surface area contributed by atoms with Crippen LogP contribution in [0.2, 0.25) is 5.02 Å². The fourth-order valence-corrected chi connectivity index (χ4v) is 2.47. The summed E-state index contributed by atoms with van der Waals surface area (Å²) in [6.45, 7) is 0.454. The summed E-state index contributed by atoms with van der Waals surface area (Å²) in [6, 6.07) is 7.68. The van der Waals surface area contributed by atoms with E-state index >= 15 is 0 Å². The maximum Gasteiger partial charge on any atom is 0.144 e. The lowest BCUT2D eigenvalue weighted by Gasteiger charge is -2.08. The second kappa shape index (κ2) is 6.61. The van der Waals surface area contributed by atoms with Gasteiger partial charge in [-0.25, -0.2) is 4.98 Å². The van der Waals surface area contributed by atoms with Crippen molar-refractivity contribution in [2.75, 3.05) is 7.11 Å². The lowest BCUT2D eigenvalue weighted by atomic mass is 10.1. The molecule has 0 amide bonds. The van der Waals surface area contributed by atoms with Gasteiger partial charge in [0.05, 0.1) is 16.8 Å². The molecule has 0 saturated heterocycles. The smallest absolute Gasteiger partial charge is 0.144 e. The number of hydrogen-bond acceptors (Lipinski definition) is 3. The molecule has 1 aromatic carbocycles. The van der Waals surface area contributed by atoms with Crippen LogP contribution in [0.3, 0.4) is 0 Å². The third-order valence-electron chi connectivity index (χ3n) is 2.53. The van der Waals surface area contributed by atoms with Crippen LogP contribution in [0.25, 0.3) is 0 Å². The molecule has 19 heavy (non-hydrogen) atoms. The van der Waals surface area contributed by atoms with Gasteiger partial charge in [-0.1, -0.05) is 36.0 Å². The first kappa shape index (κ1) is 14.7. The molecule has 0 spiro atoms. The predicted octanol–water partition coefficient (Wildman–Crippen LogP) is 4.29. The Kier molecular flexibility index (Phi) is 5.10. The highest BCUT2D eigenvalue weighted by molar-refractivity contribution is 9.10. The summed E-state index contributed by atoms with van der Waals surface area (Å²) in [5.74, 6) is 0.794. The number of H-pyrrole nitrogens is 1. The van der Waals surface area contributed by atoms with Crippen molar-refractivity contribution >= 4 is 39.7 Å². The van der Waals surface area contributed by atoms with Crippen molar-refractivity contribution in [1.29, 1.82) is 0 Å². The van der Waals surface area contributed by atoms with Gasteiger partial charge in [-0.3, -0.25) is 0 Å². The molecule has 0 radical (unpaired) electrons. The molecule has 0 atom stereocenters. The maximum atomic E-state index is 5.97. The van der Waals surface area contributed by atoms with E-state index in [4.69, 9.17) is 28.6 Å². The van der Waals surface area contributed by atoms with E-state index in [1.807, 2.05) is 24.3 Å². The van der Waals surface area contributed by atoms with Gasteiger partial charge < -0.3 is 9.72 Å². The van der Waals surface area contributed by atoms with E-state index in [1.165, 1.54) is 0 Å². The Morgan fingerprint density at radius 2 is 2.26 bits per heavy atom. The van der Waals surface area contributed by atoms with Crippen molar-refractivity contribution in [2.45, 2.75) is 13.0 Å². The molecule has 2 rings (SSSR count). The lowest BCUT2D eigenvalue weighted by molar-refractivity contribution is 0.180. The van der Waals surface area contributed by atoms with Crippen LogP contribution in [0.15, 0.2) is 28.7 Å². The van der Waals surface area contributed by atoms with Crippen molar-refractivity contribution in [3.05, 3.63) is 55.5 Å². The van der Waals surface area contributed by atoms with Crippen molar-refractivity contribution < 1.29 is 4.74 Å². The molecule has 100 valence electrons. The Hall–Kier alpha value is -0.750. The molecule has 0 unspecified atom stereocenters. The Labute approximate surface area is 130 Å². The van der Waals surface area contributed by atoms with Gasteiger partial charge >= 0.3 is 0 Å². The highest BCUT2D eigenvalue weighted by atomic mass is 79.9. The summed E-state index contributed by atoms with van der Waals surface area (Å²) in [7, 11) is 1.64. The number of rotatable bonds is 4. The molecule has 0 saturated carbocycles. The molecular weight excluding hydrogens is 348 g/mol. The molecule has 0 fully saturated rings. The van der Waals surface area contributed by atoms with E-state index in [9.17, 15) is 0 Å². The first-order chi connectivity index (χ1) is 9.10. The van der Waals surface area contributed by atoms with Crippen molar-refractivity contribution in [3.63, 3.8) is 0 Å². The Bertz CT molecular complexity index is 645. The second-order valence-electron chi connectivity index (χ2n) is 4.02. The minimum absolute atomic E-state index is 0.454. The summed E-state index contributed by atoms with van der Waals surface area (Å²) in [5.41, 5.74) is 1.97. The molecule has 6 heteroatoms. The van der Waals surface area contributed by atoms with E-state index in [0.29, 0.717) is 22.7 Å². The third kappa shape index (κ3) is 3.86. The number of hydrogen-bond donors (Lipinski definition) is 1. The van der Waals surface area contributed by atoms with Crippen molar-refractivity contribution in [1.82, 2.24) is 9.97 Å². The summed E-state index contributed by atoms with van der Waals surface area (Å²) >= 11 is 14.6. The zero-order valence-corrected chi connectivity index (χ0v) is 13.4. The van der Waals surface area contributed by atoms with Gasteiger partial charge in [0, 0.05) is 18.6 Å². The lowest BCUT2D eigenvalue weighted by Crippen LogP contribution is -2.03. The largest absolute Gasteiger partial charge is 0.378 e. The number of ether oxygens (including phenoxy) is 1. The maximum absolute atomic E-state index is 5.97. The van der Waals surface area contributed by atoms with Gasteiger partial charge in [-0.05, 0) is 33.6 Å². The van der Waals surface area contributed by atoms with Gasteiger partial charge in [-0.15, -0.1) is 0 Å². The second-order valence-corrected chi connectivity index (χ2v) is 5.64. The van der Waals surface area contributed by atoms with E-state index in [0.717, 1.165) is 21.6 Å². The minimum atomic E-state index is 0.454. The topological polar surface area (TPSA) is 37.9 Å². The zero-order valence-electron chi connectivity index (χ0n) is 10.2. The fraction of sp³-hybridized carbons (Fsp3) is 0.231. The highest BCUT2D eigenvalue weighted by Crippen LogP contribution is 2.18. The standard InChI is InChI=1S/C13H12BrClN2OS/c1-18-7-10-12(14)13(19)17-11(16-10)6-8-3-2-4-9(15)5-8/h2-5H,6-7H2,1H3,(H,16,17,19). The van der Waals surface area contributed by atoms with Crippen LogP contribution in [0.5, 0.6) is 0 Å². The molecule has 1 heterocycles. The SMILES string of the molecule is COCc1[nH]c(Cc2cccc(Cl)c2)nc(=S)c1Br. The highest BCUT2D eigenvalue weighted by Gasteiger charge is 2.07. The molecule has 0 aliphatic carbocycles. The quantitative estimate of drug-likeness (QED) is 0.827. The number of methoxy groups -OCH3 is 1. The van der Waals surface area contributed by atoms with Gasteiger partial charge in [0.25, 0.3) is 0 Å². The molecular formula is C13H12BrClN2OS. The van der Waals surface area contributed by atoms with Crippen molar-refractivity contribution in [3.8, 4) is 0 Å². The first-order valence-corrected chi connectivity index (χ1v) is 7.19. The molecule has 1 aromatic heterocycles. The molecule has 0 bridgehead atoms. The molecule has 2 aromatic rings. The first-order valence-electron chi connectivity index (χ1n) is 5.61. The van der Waals surface area contributed by atoms with Crippen LogP contribution in [-0.4, -0.2) is 17.1 Å². The predicted molar refractivity (Wildman–Crippen MR) is 82.1 cm³/mol. The van der Waals surface area contributed by atoms with E-state index in [1.54, 1.807) is 7.11 Å². The molecule has 0 aliphatic heterocycles. The minimum Gasteiger partial charge on any atom is -0.378 e. The Morgan fingerprint density at radius 1 is 1.47 bits per heavy atom. The van der Waals surface area contributed by atoms with Gasteiger partial charge in [0.15, 0.2) is 0 Å². The Balaban J connectivity index is 2.33. The average molecular weight is 360 g/mol. The van der Waals surface area contributed by atoms with Crippen LogP contribution in [0.4, 0.5) is 0 Å². The van der Waals surface area contributed by atoms with E-state index in [-0.39, 0.29) is 0 Å². The summed E-state index contributed by atoms with van der Waals surface area (Å²) < 4.78 is 6.44. The number of halogens is 2. The number of benzene rings is 1. The van der Waals surface area contributed by atoms with Gasteiger partial charge in [0.2, 0.25) is 0 Å². The van der Waals surface area contributed by atoms with Gasteiger partial charge in [-0.2, -0.15) is 0 Å². The number of nitrogens with one attached hydrogen (secondary N) is 1. The number of nitrogens with zero attached hydrogens (tertiary/aromatic N) is 1. The number of aromatic nitrogens is 2. The fourth-order valence-electron chi connectivity index (χ4n) is 1.73. The van der Waals surface area contributed by atoms with Crippen molar-refractivity contribution in [2.24, 2.45) is 0 Å². The molecule has 3 nitrogen and oxygen atoms in total. The van der Waals surface area contributed by atoms with Gasteiger partial charge in [0.1, 0.15) is 10.5 Å². The molecule has 0 aliphatic rings.